The third-order valence-corrected chi connectivity index (χ3v) is 2.07. The second-order valence-electron chi connectivity index (χ2n) is 3.55. The summed E-state index contributed by atoms with van der Waals surface area (Å²) in [7, 11) is 0. The van der Waals surface area contributed by atoms with Crippen LogP contribution in [0.5, 0.6) is 0 Å². The molecule has 2 nitrogen and oxygen atoms in total. The molecule has 0 aliphatic heterocycles. The molecular formula is C12H22O2. The summed E-state index contributed by atoms with van der Waals surface area (Å²) in [6, 6.07) is 0. The second kappa shape index (κ2) is 6.41. The topological polar surface area (TPSA) is 37.3 Å². The van der Waals surface area contributed by atoms with Crippen LogP contribution < -0.4 is 0 Å². The number of carboxylic acid groups (broad SMARTS) is 1. The Kier molecular flexibility index (Phi) is 7.06. The highest BCUT2D eigenvalue weighted by atomic mass is 16.4. The van der Waals surface area contributed by atoms with E-state index in [1.807, 2.05) is 20.8 Å². The van der Waals surface area contributed by atoms with Gasteiger partial charge in [-0.2, -0.15) is 0 Å². The Hall–Kier alpha value is -1.05. The summed E-state index contributed by atoms with van der Waals surface area (Å²) in [6.07, 6.45) is 0.456. The van der Waals surface area contributed by atoms with Crippen molar-refractivity contribution in [1.29, 1.82) is 0 Å². The summed E-state index contributed by atoms with van der Waals surface area (Å²) in [4.78, 5) is 10.9. The molecule has 0 aromatic carbocycles. The molecule has 0 aliphatic carbocycles. The molecule has 0 aromatic rings. The lowest BCUT2D eigenvalue weighted by atomic mass is 9.79. The molecule has 1 unspecified atom stereocenters. The van der Waals surface area contributed by atoms with Crippen molar-refractivity contribution in [3.05, 3.63) is 24.3 Å². The van der Waals surface area contributed by atoms with Gasteiger partial charge in [0.15, 0.2) is 0 Å². The van der Waals surface area contributed by atoms with Gasteiger partial charge in [0.2, 0.25) is 0 Å². The zero-order valence-corrected chi connectivity index (χ0v) is 9.98. The average molecular weight is 198 g/mol. The number of hydrogen-bond donors (Lipinski definition) is 1. The summed E-state index contributed by atoms with van der Waals surface area (Å²) >= 11 is 0. The van der Waals surface area contributed by atoms with Gasteiger partial charge in [-0.25, -0.2) is 0 Å². The normalized spacial score (nSPS) is 13.2. The molecule has 0 saturated heterocycles. The van der Waals surface area contributed by atoms with Gasteiger partial charge in [0.1, 0.15) is 0 Å². The fourth-order valence-electron chi connectivity index (χ4n) is 1.01. The Balaban J connectivity index is 0. The summed E-state index contributed by atoms with van der Waals surface area (Å²) in [6.45, 7) is 16.6. The molecule has 2 heteroatoms. The number of carbonyl (C=O) groups is 1. The van der Waals surface area contributed by atoms with Crippen LogP contribution in [0.2, 0.25) is 0 Å². The van der Waals surface area contributed by atoms with Gasteiger partial charge in [-0.05, 0) is 27.2 Å². The first-order chi connectivity index (χ1) is 6.30. The molecule has 0 amide bonds. The molecule has 0 radical (unpaired) electrons. The van der Waals surface area contributed by atoms with Gasteiger partial charge in [-0.3, -0.25) is 4.79 Å². The standard InChI is InChI=1S/C10H16O2.C2H6/c1-7(2)6-10(5,8(3)4)9(11)12;1-2/h1,3,6H2,2,4-5H3,(H,11,12);1-2H3. The van der Waals surface area contributed by atoms with E-state index in [0.717, 1.165) is 5.57 Å². The molecule has 14 heavy (non-hydrogen) atoms. The molecule has 0 aromatic heterocycles. The van der Waals surface area contributed by atoms with Gasteiger partial charge in [-0.1, -0.05) is 31.6 Å². The number of rotatable bonds is 4. The maximum Gasteiger partial charge on any atom is 0.313 e. The van der Waals surface area contributed by atoms with Gasteiger partial charge >= 0.3 is 5.97 Å². The van der Waals surface area contributed by atoms with Crippen LogP contribution in [0.3, 0.4) is 0 Å². The molecule has 0 saturated carbocycles. The lowest BCUT2D eigenvalue weighted by Gasteiger charge is -2.25. The highest BCUT2D eigenvalue weighted by Gasteiger charge is 2.33. The van der Waals surface area contributed by atoms with Crippen molar-refractivity contribution in [2.45, 2.75) is 41.0 Å². The number of hydrogen-bond acceptors (Lipinski definition) is 1. The zero-order chi connectivity index (χ0) is 11.9. The Bertz CT molecular complexity index is 212. The third-order valence-electron chi connectivity index (χ3n) is 2.07. The van der Waals surface area contributed by atoms with Crippen molar-refractivity contribution in [2.75, 3.05) is 0 Å². The van der Waals surface area contributed by atoms with Crippen LogP contribution in [-0.2, 0) is 4.79 Å². The van der Waals surface area contributed by atoms with Gasteiger partial charge in [0.25, 0.3) is 0 Å². The van der Waals surface area contributed by atoms with E-state index in [-0.39, 0.29) is 0 Å². The fraction of sp³-hybridized carbons (Fsp3) is 0.583. The molecule has 0 spiro atoms. The summed E-state index contributed by atoms with van der Waals surface area (Å²) in [5.74, 6) is -0.835. The van der Waals surface area contributed by atoms with Crippen molar-refractivity contribution in [3.8, 4) is 0 Å². The molecule has 0 bridgehead atoms. The van der Waals surface area contributed by atoms with Crippen LogP contribution >= 0.6 is 0 Å². The molecule has 0 aliphatic rings. The van der Waals surface area contributed by atoms with E-state index in [0.29, 0.717) is 12.0 Å². The van der Waals surface area contributed by atoms with E-state index >= 15 is 0 Å². The molecule has 0 rings (SSSR count). The van der Waals surface area contributed by atoms with E-state index < -0.39 is 11.4 Å². The summed E-state index contributed by atoms with van der Waals surface area (Å²) < 4.78 is 0. The molecule has 1 atom stereocenters. The predicted molar refractivity (Wildman–Crippen MR) is 61.3 cm³/mol. The minimum Gasteiger partial charge on any atom is -0.481 e. The van der Waals surface area contributed by atoms with Crippen LogP contribution in [0.4, 0.5) is 0 Å². The first kappa shape index (κ1) is 15.4. The highest BCUT2D eigenvalue weighted by Crippen LogP contribution is 2.32. The lowest BCUT2D eigenvalue weighted by Crippen LogP contribution is -2.28. The first-order valence-electron chi connectivity index (χ1n) is 4.84. The highest BCUT2D eigenvalue weighted by molar-refractivity contribution is 5.78. The quantitative estimate of drug-likeness (QED) is 0.700. The van der Waals surface area contributed by atoms with Crippen LogP contribution in [0, 0.1) is 5.41 Å². The largest absolute Gasteiger partial charge is 0.481 e. The SMILES string of the molecule is C=C(C)CC(C)(C(=C)C)C(=O)O.CC. The van der Waals surface area contributed by atoms with Crippen molar-refractivity contribution >= 4 is 5.97 Å². The van der Waals surface area contributed by atoms with Gasteiger partial charge in [0.05, 0.1) is 5.41 Å². The number of allylic oxidation sites excluding steroid dienone is 1. The number of aliphatic carboxylic acids is 1. The van der Waals surface area contributed by atoms with Gasteiger partial charge < -0.3 is 5.11 Å². The maximum absolute atomic E-state index is 10.9. The molecule has 82 valence electrons. The first-order valence-corrected chi connectivity index (χ1v) is 4.84. The summed E-state index contributed by atoms with van der Waals surface area (Å²) in [5.41, 5.74) is 0.673. The van der Waals surface area contributed by atoms with Crippen molar-refractivity contribution in [3.63, 3.8) is 0 Å². The zero-order valence-electron chi connectivity index (χ0n) is 9.98. The minimum absolute atomic E-state index is 0.456. The Morgan fingerprint density at radius 1 is 1.29 bits per heavy atom. The van der Waals surface area contributed by atoms with Crippen molar-refractivity contribution in [1.82, 2.24) is 0 Å². The Morgan fingerprint density at radius 2 is 1.64 bits per heavy atom. The predicted octanol–water partition coefficient (Wildman–Crippen LogP) is 3.65. The van der Waals surface area contributed by atoms with E-state index in [2.05, 4.69) is 13.2 Å². The van der Waals surface area contributed by atoms with Gasteiger partial charge in [0, 0.05) is 0 Å². The molecule has 1 N–H and O–H groups in total. The Morgan fingerprint density at radius 3 is 1.71 bits per heavy atom. The fourth-order valence-corrected chi connectivity index (χ4v) is 1.01. The van der Waals surface area contributed by atoms with Crippen LogP contribution in [0.25, 0.3) is 0 Å². The van der Waals surface area contributed by atoms with Crippen molar-refractivity contribution < 1.29 is 9.90 Å². The smallest absolute Gasteiger partial charge is 0.313 e. The van der Waals surface area contributed by atoms with Crippen molar-refractivity contribution in [2.24, 2.45) is 5.41 Å². The van der Waals surface area contributed by atoms with E-state index in [4.69, 9.17) is 5.11 Å². The maximum atomic E-state index is 10.9. The molecular weight excluding hydrogens is 176 g/mol. The monoisotopic (exact) mass is 198 g/mol. The van der Waals surface area contributed by atoms with E-state index in [1.165, 1.54) is 0 Å². The molecule has 0 heterocycles. The third kappa shape index (κ3) is 4.26. The van der Waals surface area contributed by atoms with Crippen LogP contribution in [0.1, 0.15) is 41.0 Å². The minimum atomic E-state index is -0.855. The summed E-state index contributed by atoms with van der Waals surface area (Å²) in [5, 5.41) is 8.95. The second-order valence-corrected chi connectivity index (χ2v) is 3.55. The lowest BCUT2D eigenvalue weighted by molar-refractivity contribution is -0.145. The Labute approximate surface area is 87.3 Å². The van der Waals surface area contributed by atoms with E-state index in [1.54, 1.807) is 13.8 Å². The van der Waals surface area contributed by atoms with Gasteiger partial charge in [-0.15, -0.1) is 6.58 Å². The van der Waals surface area contributed by atoms with Crippen LogP contribution in [-0.4, -0.2) is 11.1 Å². The van der Waals surface area contributed by atoms with E-state index in [9.17, 15) is 4.79 Å². The number of carboxylic acids is 1. The molecule has 0 fully saturated rings. The van der Waals surface area contributed by atoms with Crippen LogP contribution in [0.15, 0.2) is 24.3 Å². The average Bonchev–Trinajstić information content (AvgIpc) is 2.06.